The van der Waals surface area contributed by atoms with E-state index >= 15 is 0 Å². The Hall–Kier alpha value is -0.960. The third kappa shape index (κ3) is 2.48. The van der Waals surface area contributed by atoms with Crippen molar-refractivity contribution in [1.82, 2.24) is 5.32 Å². The number of benzene rings is 1. The summed E-state index contributed by atoms with van der Waals surface area (Å²) in [7, 11) is 0. The highest BCUT2D eigenvalue weighted by Gasteiger charge is 2.39. The topological polar surface area (TPSA) is 24.4 Å². The molecule has 1 heterocycles. The third-order valence-electron chi connectivity index (χ3n) is 5.24. The number of amidine groups is 1. The normalized spacial score (nSPS) is 37.5. The predicted molar refractivity (Wildman–Crippen MR) is 86.0 cm³/mol. The molecule has 3 fully saturated rings. The number of fused-ring (bicyclic) bond motifs is 2. The third-order valence-corrected chi connectivity index (χ3v) is 6.26. The van der Waals surface area contributed by atoms with Gasteiger partial charge in [0.25, 0.3) is 0 Å². The molecule has 4 unspecified atom stereocenters. The minimum Gasteiger partial charge on any atom is -0.357 e. The number of nitrogens with zero attached hydrogens (tertiary/aromatic N) is 1. The van der Waals surface area contributed by atoms with Gasteiger partial charge in [0.05, 0.1) is 6.04 Å². The van der Waals surface area contributed by atoms with Gasteiger partial charge >= 0.3 is 0 Å². The molecule has 0 spiro atoms. The maximum atomic E-state index is 4.87. The molecule has 3 aliphatic rings. The van der Waals surface area contributed by atoms with Crippen molar-refractivity contribution < 1.29 is 0 Å². The molecule has 20 heavy (non-hydrogen) atoms. The van der Waals surface area contributed by atoms with Gasteiger partial charge in [-0.2, -0.15) is 0 Å². The molecule has 1 N–H and O–H groups in total. The second kappa shape index (κ2) is 5.44. The van der Waals surface area contributed by atoms with E-state index in [1.165, 1.54) is 36.4 Å². The molecule has 1 aromatic rings. The average molecular weight is 286 g/mol. The lowest BCUT2D eigenvalue weighted by Gasteiger charge is -2.19. The summed E-state index contributed by atoms with van der Waals surface area (Å²) >= 11 is 1.89. The molecule has 0 aromatic heterocycles. The monoisotopic (exact) mass is 286 g/mol. The van der Waals surface area contributed by atoms with Crippen LogP contribution in [-0.4, -0.2) is 17.5 Å². The van der Waals surface area contributed by atoms with Crippen LogP contribution in [0.4, 0.5) is 0 Å². The molecule has 106 valence electrons. The van der Waals surface area contributed by atoms with Crippen LogP contribution in [0.15, 0.2) is 35.3 Å². The number of aliphatic imine (C=N–C) groups is 1. The molecular formula is C17H22N2S. The zero-order valence-electron chi connectivity index (χ0n) is 11.8. The lowest BCUT2D eigenvalue weighted by atomic mass is 9.89. The fourth-order valence-corrected chi connectivity index (χ4v) is 5.14. The van der Waals surface area contributed by atoms with Crippen molar-refractivity contribution in [3.63, 3.8) is 0 Å². The van der Waals surface area contributed by atoms with E-state index in [0.717, 1.165) is 30.1 Å². The van der Waals surface area contributed by atoms with E-state index in [2.05, 4.69) is 35.6 Å². The van der Waals surface area contributed by atoms with Gasteiger partial charge in [-0.25, -0.2) is 0 Å². The van der Waals surface area contributed by atoms with E-state index in [4.69, 9.17) is 4.99 Å². The van der Waals surface area contributed by atoms with Crippen LogP contribution in [-0.2, 0) is 0 Å². The van der Waals surface area contributed by atoms with Gasteiger partial charge in [-0.1, -0.05) is 48.5 Å². The van der Waals surface area contributed by atoms with Gasteiger partial charge in [-0.15, -0.1) is 0 Å². The van der Waals surface area contributed by atoms with Crippen LogP contribution < -0.4 is 5.32 Å². The molecule has 2 aliphatic carbocycles. The summed E-state index contributed by atoms with van der Waals surface area (Å²) in [5, 5.41) is 4.76. The first-order valence-corrected chi connectivity index (χ1v) is 8.86. The SMILES string of the molecule is c1ccc(C2CSC(=NCC3CC4CCC3C4)N2)cc1. The lowest BCUT2D eigenvalue weighted by molar-refractivity contribution is 0.342. The first-order chi connectivity index (χ1) is 9.88. The second-order valence-electron chi connectivity index (χ2n) is 6.50. The molecule has 2 saturated carbocycles. The number of hydrogen-bond acceptors (Lipinski definition) is 2. The van der Waals surface area contributed by atoms with Crippen molar-refractivity contribution in [2.45, 2.75) is 31.7 Å². The van der Waals surface area contributed by atoms with Gasteiger partial charge in [0.15, 0.2) is 5.17 Å². The molecule has 2 nitrogen and oxygen atoms in total. The van der Waals surface area contributed by atoms with Crippen molar-refractivity contribution in [2.75, 3.05) is 12.3 Å². The summed E-state index contributed by atoms with van der Waals surface area (Å²) in [5.41, 5.74) is 1.38. The highest BCUT2D eigenvalue weighted by molar-refractivity contribution is 8.14. The standard InChI is InChI=1S/C17H22N2S/c1-2-4-13(5-3-1)16-11-20-17(19-16)18-10-15-9-12-6-7-14(15)8-12/h1-5,12,14-16H,6-11H2,(H,18,19). The van der Waals surface area contributed by atoms with Crippen LogP contribution in [0, 0.1) is 17.8 Å². The van der Waals surface area contributed by atoms with E-state index < -0.39 is 0 Å². The summed E-state index contributed by atoms with van der Waals surface area (Å²) in [6.45, 7) is 1.05. The molecule has 1 aliphatic heterocycles. The Morgan fingerprint density at radius 2 is 2.05 bits per heavy atom. The Labute approximate surface area is 125 Å². The molecule has 0 radical (unpaired) electrons. The zero-order valence-corrected chi connectivity index (χ0v) is 12.6. The smallest absolute Gasteiger partial charge is 0.157 e. The molecule has 2 bridgehead atoms. The summed E-state index contributed by atoms with van der Waals surface area (Å²) in [4.78, 5) is 4.87. The highest BCUT2D eigenvalue weighted by atomic mass is 32.2. The molecule has 0 amide bonds. The molecule has 4 rings (SSSR count). The van der Waals surface area contributed by atoms with Crippen LogP contribution >= 0.6 is 11.8 Å². The summed E-state index contributed by atoms with van der Waals surface area (Å²) in [5.74, 6) is 4.01. The molecule has 4 atom stereocenters. The number of hydrogen-bond donors (Lipinski definition) is 1. The quantitative estimate of drug-likeness (QED) is 0.912. The Morgan fingerprint density at radius 3 is 2.80 bits per heavy atom. The van der Waals surface area contributed by atoms with Gasteiger partial charge in [0.2, 0.25) is 0 Å². The van der Waals surface area contributed by atoms with Crippen LogP contribution in [0.1, 0.15) is 37.3 Å². The van der Waals surface area contributed by atoms with E-state index in [1.54, 1.807) is 0 Å². The summed E-state index contributed by atoms with van der Waals surface area (Å²) < 4.78 is 0. The fraction of sp³-hybridized carbons (Fsp3) is 0.588. The van der Waals surface area contributed by atoms with Crippen molar-refractivity contribution in [3.8, 4) is 0 Å². The van der Waals surface area contributed by atoms with Crippen molar-refractivity contribution in [3.05, 3.63) is 35.9 Å². The Bertz CT molecular complexity index is 499. The van der Waals surface area contributed by atoms with Gasteiger partial charge in [0, 0.05) is 12.3 Å². The molecular weight excluding hydrogens is 264 g/mol. The van der Waals surface area contributed by atoms with Crippen molar-refractivity contribution >= 4 is 16.9 Å². The van der Waals surface area contributed by atoms with Crippen LogP contribution in [0.5, 0.6) is 0 Å². The fourth-order valence-electron chi connectivity index (χ4n) is 4.15. The van der Waals surface area contributed by atoms with E-state index in [9.17, 15) is 0 Å². The van der Waals surface area contributed by atoms with Gasteiger partial charge in [-0.3, -0.25) is 4.99 Å². The van der Waals surface area contributed by atoms with E-state index in [0.29, 0.717) is 6.04 Å². The van der Waals surface area contributed by atoms with Crippen LogP contribution in [0.25, 0.3) is 0 Å². The number of thioether (sulfide) groups is 1. The van der Waals surface area contributed by atoms with E-state index in [1.807, 2.05) is 11.8 Å². The predicted octanol–water partition coefficient (Wildman–Crippen LogP) is 3.86. The minimum absolute atomic E-state index is 0.444. The first-order valence-electron chi connectivity index (χ1n) is 7.87. The molecule has 3 heteroatoms. The van der Waals surface area contributed by atoms with Crippen molar-refractivity contribution in [2.24, 2.45) is 22.7 Å². The van der Waals surface area contributed by atoms with Crippen molar-refractivity contribution in [1.29, 1.82) is 0 Å². The van der Waals surface area contributed by atoms with Gasteiger partial charge in [0.1, 0.15) is 0 Å². The second-order valence-corrected chi connectivity index (χ2v) is 7.51. The maximum absolute atomic E-state index is 4.87. The molecule has 1 saturated heterocycles. The van der Waals surface area contributed by atoms with Crippen LogP contribution in [0.3, 0.4) is 0 Å². The maximum Gasteiger partial charge on any atom is 0.157 e. The summed E-state index contributed by atoms with van der Waals surface area (Å²) in [6, 6.07) is 11.2. The largest absolute Gasteiger partial charge is 0.357 e. The summed E-state index contributed by atoms with van der Waals surface area (Å²) in [6.07, 6.45) is 5.88. The van der Waals surface area contributed by atoms with Gasteiger partial charge in [-0.05, 0) is 42.6 Å². The molecule has 1 aromatic carbocycles. The Morgan fingerprint density at radius 1 is 1.15 bits per heavy atom. The Balaban J connectivity index is 1.35. The minimum atomic E-state index is 0.444. The zero-order chi connectivity index (χ0) is 13.4. The Kier molecular flexibility index (Phi) is 3.47. The van der Waals surface area contributed by atoms with E-state index in [-0.39, 0.29) is 0 Å². The van der Waals surface area contributed by atoms with Crippen LogP contribution in [0.2, 0.25) is 0 Å². The number of rotatable bonds is 3. The van der Waals surface area contributed by atoms with Gasteiger partial charge < -0.3 is 5.32 Å². The first kappa shape index (κ1) is 12.8. The highest BCUT2D eigenvalue weighted by Crippen LogP contribution is 2.48. The number of nitrogens with one attached hydrogen (secondary N) is 1. The average Bonchev–Trinajstić information content (AvgIpc) is 3.22. The lowest BCUT2D eigenvalue weighted by Crippen LogP contribution is -2.21.